The van der Waals surface area contributed by atoms with Gasteiger partial charge in [0.1, 0.15) is 0 Å². The van der Waals surface area contributed by atoms with E-state index in [2.05, 4.69) is 32.2 Å². The number of nitrogens with one attached hydrogen (secondary N) is 1. The second kappa shape index (κ2) is 4.15. The lowest BCUT2D eigenvalue weighted by Gasteiger charge is -2.23. The maximum absolute atomic E-state index is 11.3. The Morgan fingerprint density at radius 3 is 2.76 bits per heavy atom. The van der Waals surface area contributed by atoms with Crippen LogP contribution in [-0.4, -0.2) is 5.91 Å². The Morgan fingerprint density at radius 1 is 1.41 bits per heavy atom. The first-order chi connectivity index (χ1) is 7.85. The van der Waals surface area contributed by atoms with Gasteiger partial charge in [-0.05, 0) is 29.0 Å². The molecule has 1 aliphatic rings. The molecule has 0 aromatic heterocycles. The monoisotopic (exact) mass is 232 g/mol. The van der Waals surface area contributed by atoms with Crippen molar-refractivity contribution in [3.63, 3.8) is 0 Å². The number of rotatable bonds is 2. The quantitative estimate of drug-likeness (QED) is 0.823. The van der Waals surface area contributed by atoms with Gasteiger partial charge in [-0.3, -0.25) is 4.79 Å². The van der Waals surface area contributed by atoms with Crippen LogP contribution in [0.3, 0.4) is 0 Å². The molecular formula is C14H20N2O. The van der Waals surface area contributed by atoms with E-state index >= 15 is 0 Å². The highest BCUT2D eigenvalue weighted by molar-refractivity contribution is 5.99. The molecule has 0 aliphatic carbocycles. The molecule has 1 atom stereocenters. The molecule has 3 nitrogen and oxygen atoms in total. The van der Waals surface area contributed by atoms with Gasteiger partial charge in [0.05, 0.1) is 6.42 Å². The third-order valence-electron chi connectivity index (χ3n) is 3.01. The topological polar surface area (TPSA) is 55.1 Å². The van der Waals surface area contributed by atoms with E-state index in [-0.39, 0.29) is 17.4 Å². The molecule has 3 heteroatoms. The summed E-state index contributed by atoms with van der Waals surface area (Å²) in [6.45, 7) is 6.56. The minimum atomic E-state index is 0.0380. The lowest BCUT2D eigenvalue weighted by Crippen LogP contribution is -2.18. The van der Waals surface area contributed by atoms with Crippen LogP contribution < -0.4 is 11.1 Å². The molecule has 0 fully saturated rings. The number of benzene rings is 1. The van der Waals surface area contributed by atoms with Crippen LogP contribution in [0.2, 0.25) is 0 Å². The second-order valence-electron chi connectivity index (χ2n) is 6.01. The van der Waals surface area contributed by atoms with E-state index in [1.807, 2.05) is 12.1 Å². The van der Waals surface area contributed by atoms with Crippen LogP contribution in [0.5, 0.6) is 0 Å². The average Bonchev–Trinajstić information content (AvgIpc) is 2.53. The van der Waals surface area contributed by atoms with Crippen LogP contribution in [-0.2, 0) is 11.2 Å². The number of fused-ring (bicyclic) bond motifs is 1. The molecule has 0 saturated heterocycles. The van der Waals surface area contributed by atoms with Gasteiger partial charge in [-0.15, -0.1) is 0 Å². The maximum atomic E-state index is 11.3. The molecule has 0 bridgehead atoms. The fourth-order valence-corrected chi connectivity index (χ4v) is 2.26. The fraction of sp³-hybridized carbons (Fsp3) is 0.500. The third kappa shape index (κ3) is 2.86. The SMILES string of the molecule is CC(C)(C)CC(N)c1ccc2c(c1)CC(=O)N2. The molecule has 0 spiro atoms. The molecular weight excluding hydrogens is 212 g/mol. The van der Waals surface area contributed by atoms with E-state index < -0.39 is 0 Å². The van der Waals surface area contributed by atoms with Gasteiger partial charge in [0, 0.05) is 11.7 Å². The minimum absolute atomic E-state index is 0.0380. The molecule has 1 heterocycles. The number of hydrogen-bond donors (Lipinski definition) is 2. The number of hydrogen-bond acceptors (Lipinski definition) is 2. The zero-order valence-electron chi connectivity index (χ0n) is 10.7. The first-order valence-electron chi connectivity index (χ1n) is 6.03. The van der Waals surface area contributed by atoms with E-state index in [0.717, 1.165) is 23.2 Å². The van der Waals surface area contributed by atoms with Crippen molar-refractivity contribution in [3.05, 3.63) is 29.3 Å². The third-order valence-corrected chi connectivity index (χ3v) is 3.01. The molecule has 0 saturated carbocycles. The van der Waals surface area contributed by atoms with Crippen molar-refractivity contribution in [2.75, 3.05) is 5.32 Å². The van der Waals surface area contributed by atoms with Gasteiger partial charge in [-0.1, -0.05) is 32.9 Å². The van der Waals surface area contributed by atoms with Crippen LogP contribution in [0.25, 0.3) is 0 Å². The molecule has 2 rings (SSSR count). The summed E-state index contributed by atoms with van der Waals surface area (Å²) in [4.78, 5) is 11.3. The smallest absolute Gasteiger partial charge is 0.228 e. The van der Waals surface area contributed by atoms with Gasteiger partial charge in [-0.2, -0.15) is 0 Å². The number of carbonyl (C=O) groups excluding carboxylic acids is 1. The number of nitrogens with two attached hydrogens (primary N) is 1. The molecule has 92 valence electrons. The summed E-state index contributed by atoms with van der Waals surface area (Å²) >= 11 is 0. The molecule has 0 radical (unpaired) electrons. The summed E-state index contributed by atoms with van der Waals surface area (Å²) in [6.07, 6.45) is 1.42. The highest BCUT2D eigenvalue weighted by Gasteiger charge is 2.21. The second-order valence-corrected chi connectivity index (χ2v) is 6.01. The van der Waals surface area contributed by atoms with E-state index in [4.69, 9.17) is 5.73 Å². The predicted molar refractivity (Wildman–Crippen MR) is 69.8 cm³/mol. The standard InChI is InChI=1S/C14H20N2O/c1-14(2,3)8-11(15)9-4-5-12-10(6-9)7-13(17)16-12/h4-6,11H,7-8,15H2,1-3H3,(H,16,17). The van der Waals surface area contributed by atoms with Crippen LogP contribution in [0, 0.1) is 5.41 Å². The number of anilines is 1. The Balaban J connectivity index is 2.18. The summed E-state index contributed by atoms with van der Waals surface area (Å²) in [7, 11) is 0. The van der Waals surface area contributed by atoms with Crippen LogP contribution in [0.15, 0.2) is 18.2 Å². The summed E-state index contributed by atoms with van der Waals surface area (Å²) < 4.78 is 0. The van der Waals surface area contributed by atoms with Crippen molar-refractivity contribution in [1.29, 1.82) is 0 Å². The molecule has 1 aromatic rings. The van der Waals surface area contributed by atoms with Crippen molar-refractivity contribution >= 4 is 11.6 Å². The van der Waals surface area contributed by atoms with E-state index in [9.17, 15) is 4.79 Å². The molecule has 17 heavy (non-hydrogen) atoms. The zero-order valence-corrected chi connectivity index (χ0v) is 10.7. The van der Waals surface area contributed by atoms with Gasteiger partial charge in [0.2, 0.25) is 5.91 Å². The Hall–Kier alpha value is -1.35. The Kier molecular flexibility index (Phi) is 2.96. The zero-order chi connectivity index (χ0) is 12.6. The van der Waals surface area contributed by atoms with Gasteiger partial charge >= 0.3 is 0 Å². The Labute approximate surface area is 102 Å². The first kappa shape index (κ1) is 12.1. The van der Waals surface area contributed by atoms with Gasteiger partial charge in [-0.25, -0.2) is 0 Å². The van der Waals surface area contributed by atoms with E-state index in [1.54, 1.807) is 0 Å². The summed E-state index contributed by atoms with van der Waals surface area (Å²) in [6, 6.07) is 6.07. The van der Waals surface area contributed by atoms with Crippen molar-refractivity contribution in [2.45, 2.75) is 39.7 Å². The van der Waals surface area contributed by atoms with Crippen LogP contribution in [0.4, 0.5) is 5.69 Å². The fourth-order valence-electron chi connectivity index (χ4n) is 2.26. The van der Waals surface area contributed by atoms with E-state index in [0.29, 0.717) is 6.42 Å². The van der Waals surface area contributed by atoms with Gasteiger partial charge in [0.15, 0.2) is 0 Å². The summed E-state index contributed by atoms with van der Waals surface area (Å²) in [5, 5.41) is 2.83. The molecule has 1 aromatic carbocycles. The Morgan fingerprint density at radius 2 is 2.12 bits per heavy atom. The summed E-state index contributed by atoms with van der Waals surface area (Å²) in [5.41, 5.74) is 9.54. The highest BCUT2D eigenvalue weighted by Crippen LogP contribution is 2.31. The average molecular weight is 232 g/mol. The van der Waals surface area contributed by atoms with Crippen molar-refractivity contribution in [1.82, 2.24) is 0 Å². The van der Waals surface area contributed by atoms with Crippen molar-refractivity contribution in [3.8, 4) is 0 Å². The molecule has 1 unspecified atom stereocenters. The van der Waals surface area contributed by atoms with Crippen molar-refractivity contribution in [2.24, 2.45) is 11.1 Å². The molecule has 1 amide bonds. The maximum Gasteiger partial charge on any atom is 0.228 e. The number of carbonyl (C=O) groups is 1. The molecule has 3 N–H and O–H groups in total. The Bertz CT molecular complexity index is 446. The number of amides is 1. The minimum Gasteiger partial charge on any atom is -0.326 e. The normalized spacial score (nSPS) is 16.6. The molecule has 1 aliphatic heterocycles. The van der Waals surface area contributed by atoms with Crippen LogP contribution in [0.1, 0.15) is 44.4 Å². The van der Waals surface area contributed by atoms with Crippen LogP contribution >= 0.6 is 0 Å². The lowest BCUT2D eigenvalue weighted by molar-refractivity contribution is -0.115. The largest absolute Gasteiger partial charge is 0.326 e. The highest BCUT2D eigenvalue weighted by atomic mass is 16.1. The predicted octanol–water partition coefficient (Wildman–Crippen LogP) is 2.62. The summed E-state index contributed by atoms with van der Waals surface area (Å²) in [5.74, 6) is 0.0709. The van der Waals surface area contributed by atoms with Gasteiger partial charge < -0.3 is 11.1 Å². The van der Waals surface area contributed by atoms with Gasteiger partial charge in [0.25, 0.3) is 0 Å². The lowest BCUT2D eigenvalue weighted by atomic mass is 9.85. The van der Waals surface area contributed by atoms with Crippen molar-refractivity contribution < 1.29 is 4.79 Å². The first-order valence-corrected chi connectivity index (χ1v) is 6.03. The van der Waals surface area contributed by atoms with E-state index in [1.165, 1.54) is 0 Å².